The molecule has 2 aromatic rings. The van der Waals surface area contributed by atoms with E-state index in [0.717, 1.165) is 4.47 Å². The van der Waals surface area contributed by atoms with E-state index < -0.39 is 17.8 Å². The molecule has 0 saturated carbocycles. The van der Waals surface area contributed by atoms with Crippen LogP contribution in [0.2, 0.25) is 0 Å². The number of likely N-dealkylation sites (tertiary alicyclic amines) is 1. The summed E-state index contributed by atoms with van der Waals surface area (Å²) >= 11 is 3.35. The Balaban J connectivity index is 1.60. The molecule has 1 unspecified atom stereocenters. The Morgan fingerprint density at radius 1 is 1.07 bits per heavy atom. The van der Waals surface area contributed by atoms with Gasteiger partial charge < -0.3 is 15.0 Å². The molecule has 1 aliphatic heterocycles. The molecule has 30 heavy (non-hydrogen) atoms. The van der Waals surface area contributed by atoms with E-state index in [4.69, 9.17) is 4.74 Å². The fourth-order valence-corrected chi connectivity index (χ4v) is 3.70. The van der Waals surface area contributed by atoms with E-state index in [9.17, 15) is 18.8 Å². The van der Waals surface area contributed by atoms with Crippen molar-refractivity contribution < 1.29 is 23.5 Å². The number of nitrogens with one attached hydrogen (secondary N) is 1. The fraction of sp³-hybridized carbons (Fsp3) is 0.318. The van der Waals surface area contributed by atoms with Gasteiger partial charge in [-0.05, 0) is 54.8 Å². The highest BCUT2D eigenvalue weighted by Gasteiger charge is 2.31. The number of carbonyl (C=O) groups excluding carboxylic acids is 3. The van der Waals surface area contributed by atoms with E-state index in [-0.39, 0.29) is 17.7 Å². The van der Waals surface area contributed by atoms with Crippen LogP contribution in [0.5, 0.6) is 0 Å². The van der Waals surface area contributed by atoms with Gasteiger partial charge >= 0.3 is 5.97 Å². The van der Waals surface area contributed by atoms with E-state index >= 15 is 0 Å². The molecule has 1 atom stereocenters. The maximum absolute atomic E-state index is 13.1. The number of piperidine rings is 1. The van der Waals surface area contributed by atoms with Crippen LogP contribution in [0.15, 0.2) is 53.0 Å². The second-order valence-corrected chi connectivity index (χ2v) is 8.01. The van der Waals surface area contributed by atoms with Crippen molar-refractivity contribution in [2.45, 2.75) is 18.9 Å². The van der Waals surface area contributed by atoms with Crippen LogP contribution in [0.1, 0.15) is 34.8 Å². The number of nitrogens with zero attached hydrogens (tertiary/aromatic N) is 1. The molecule has 1 saturated heterocycles. The summed E-state index contributed by atoms with van der Waals surface area (Å²) in [5.74, 6) is -1.69. The average Bonchev–Trinajstić information content (AvgIpc) is 2.77. The second kappa shape index (κ2) is 9.84. The van der Waals surface area contributed by atoms with E-state index in [2.05, 4.69) is 21.2 Å². The van der Waals surface area contributed by atoms with Gasteiger partial charge in [-0.3, -0.25) is 9.59 Å². The predicted molar refractivity (Wildman–Crippen MR) is 112 cm³/mol. The monoisotopic (exact) mass is 476 g/mol. The molecule has 3 rings (SSSR count). The smallest absolute Gasteiger partial charge is 0.333 e. The average molecular weight is 477 g/mol. The van der Waals surface area contributed by atoms with Crippen molar-refractivity contribution >= 4 is 33.7 Å². The number of methoxy groups -OCH3 is 1. The number of halogens is 2. The molecule has 1 fully saturated rings. The van der Waals surface area contributed by atoms with E-state index in [0.29, 0.717) is 37.1 Å². The Kier molecular flexibility index (Phi) is 7.20. The van der Waals surface area contributed by atoms with Gasteiger partial charge in [-0.2, -0.15) is 0 Å². The van der Waals surface area contributed by atoms with Crippen molar-refractivity contribution in [2.24, 2.45) is 5.92 Å². The van der Waals surface area contributed by atoms with Crippen molar-refractivity contribution in [1.82, 2.24) is 10.2 Å². The molecular formula is C22H22BrFN2O4. The summed E-state index contributed by atoms with van der Waals surface area (Å²) in [5, 5.41) is 2.78. The summed E-state index contributed by atoms with van der Waals surface area (Å²) in [5.41, 5.74) is 1.04. The number of amides is 2. The van der Waals surface area contributed by atoms with Crippen LogP contribution in [-0.4, -0.2) is 42.9 Å². The predicted octanol–water partition coefficient (Wildman–Crippen LogP) is 3.47. The first kappa shape index (κ1) is 22.0. The summed E-state index contributed by atoms with van der Waals surface area (Å²) in [4.78, 5) is 39.2. The largest absolute Gasteiger partial charge is 0.467 e. The molecule has 1 aliphatic rings. The number of ether oxygens (including phenoxy) is 1. The lowest BCUT2D eigenvalue weighted by molar-refractivity contribution is -0.146. The van der Waals surface area contributed by atoms with Crippen LogP contribution < -0.4 is 5.32 Å². The highest BCUT2D eigenvalue weighted by atomic mass is 79.9. The Morgan fingerprint density at radius 3 is 2.23 bits per heavy atom. The van der Waals surface area contributed by atoms with Crippen LogP contribution in [0, 0.1) is 11.7 Å². The third kappa shape index (κ3) is 5.24. The summed E-state index contributed by atoms with van der Waals surface area (Å²) < 4.78 is 18.8. The first-order valence-electron chi connectivity index (χ1n) is 9.57. The Hall–Kier alpha value is -2.74. The Labute approximate surface area is 182 Å². The minimum atomic E-state index is -0.894. The van der Waals surface area contributed by atoms with Crippen molar-refractivity contribution in [3.8, 4) is 0 Å². The molecule has 1 heterocycles. The van der Waals surface area contributed by atoms with Crippen molar-refractivity contribution in [2.75, 3.05) is 20.2 Å². The highest BCUT2D eigenvalue weighted by Crippen LogP contribution is 2.23. The molecular weight excluding hydrogens is 455 g/mol. The van der Waals surface area contributed by atoms with Gasteiger partial charge in [0.05, 0.1) is 7.11 Å². The standard InChI is InChI=1S/C22H22BrFN2O4/c1-30-22(29)19(14-2-6-17(23)7-3-14)25-20(27)15-10-12-26(13-11-15)21(28)16-4-8-18(24)9-5-16/h2-9,15,19H,10-13H2,1H3,(H,25,27). The lowest BCUT2D eigenvalue weighted by Crippen LogP contribution is -2.44. The van der Waals surface area contributed by atoms with E-state index in [1.807, 2.05) is 0 Å². The lowest BCUT2D eigenvalue weighted by atomic mass is 9.94. The zero-order valence-electron chi connectivity index (χ0n) is 16.4. The molecule has 2 aromatic carbocycles. The topological polar surface area (TPSA) is 75.7 Å². The molecule has 1 N–H and O–H groups in total. The molecule has 2 amide bonds. The van der Waals surface area contributed by atoms with Gasteiger partial charge in [0, 0.05) is 29.0 Å². The van der Waals surface area contributed by atoms with E-state index in [1.54, 1.807) is 29.2 Å². The van der Waals surface area contributed by atoms with Crippen molar-refractivity contribution in [3.05, 3.63) is 69.9 Å². The minimum absolute atomic E-state index is 0.184. The number of carbonyl (C=O) groups is 3. The fourth-order valence-electron chi connectivity index (χ4n) is 3.43. The van der Waals surface area contributed by atoms with Crippen molar-refractivity contribution in [3.63, 3.8) is 0 Å². The normalized spacial score (nSPS) is 15.4. The molecule has 0 bridgehead atoms. The Bertz CT molecular complexity index is 910. The van der Waals surface area contributed by atoms with Gasteiger partial charge in [0.25, 0.3) is 5.91 Å². The van der Waals surface area contributed by atoms with Gasteiger partial charge in [-0.25, -0.2) is 9.18 Å². The minimum Gasteiger partial charge on any atom is -0.467 e. The lowest BCUT2D eigenvalue weighted by Gasteiger charge is -2.32. The number of esters is 1. The zero-order valence-corrected chi connectivity index (χ0v) is 18.0. The second-order valence-electron chi connectivity index (χ2n) is 7.09. The van der Waals surface area contributed by atoms with Gasteiger partial charge in [0.15, 0.2) is 6.04 Å². The SMILES string of the molecule is COC(=O)C(NC(=O)C1CCN(C(=O)c2ccc(F)cc2)CC1)c1ccc(Br)cc1. The van der Waals surface area contributed by atoms with E-state index in [1.165, 1.54) is 31.4 Å². The number of rotatable bonds is 5. The first-order chi connectivity index (χ1) is 14.4. The number of hydrogen-bond donors (Lipinski definition) is 1. The van der Waals surface area contributed by atoms with Crippen LogP contribution in [0.4, 0.5) is 4.39 Å². The number of benzene rings is 2. The van der Waals surface area contributed by atoms with Gasteiger partial charge in [0.2, 0.25) is 5.91 Å². The summed E-state index contributed by atoms with van der Waals surface area (Å²) in [6.45, 7) is 0.824. The third-order valence-corrected chi connectivity index (χ3v) is 5.70. The summed E-state index contributed by atoms with van der Waals surface area (Å²) in [6.07, 6.45) is 0.958. The molecule has 6 nitrogen and oxygen atoms in total. The molecule has 0 radical (unpaired) electrons. The zero-order chi connectivity index (χ0) is 21.7. The van der Waals surface area contributed by atoms with Crippen molar-refractivity contribution in [1.29, 1.82) is 0 Å². The van der Waals surface area contributed by atoms with Crippen LogP contribution in [0.25, 0.3) is 0 Å². The molecule has 0 aromatic heterocycles. The Morgan fingerprint density at radius 2 is 1.67 bits per heavy atom. The van der Waals surface area contributed by atoms with Crippen LogP contribution >= 0.6 is 15.9 Å². The molecule has 8 heteroatoms. The summed E-state index contributed by atoms with van der Waals surface area (Å²) in [7, 11) is 1.28. The third-order valence-electron chi connectivity index (χ3n) is 5.17. The van der Waals surface area contributed by atoms with Gasteiger partial charge in [0.1, 0.15) is 5.82 Å². The van der Waals surface area contributed by atoms with Gasteiger partial charge in [-0.15, -0.1) is 0 Å². The van der Waals surface area contributed by atoms with Crippen LogP contribution in [-0.2, 0) is 14.3 Å². The number of hydrogen-bond acceptors (Lipinski definition) is 4. The maximum atomic E-state index is 13.1. The highest BCUT2D eigenvalue weighted by molar-refractivity contribution is 9.10. The summed E-state index contributed by atoms with van der Waals surface area (Å²) in [6, 6.07) is 11.6. The molecule has 0 aliphatic carbocycles. The first-order valence-corrected chi connectivity index (χ1v) is 10.4. The van der Waals surface area contributed by atoms with Gasteiger partial charge in [-0.1, -0.05) is 28.1 Å². The van der Waals surface area contributed by atoms with Crippen LogP contribution in [0.3, 0.4) is 0 Å². The maximum Gasteiger partial charge on any atom is 0.333 e. The quantitative estimate of drug-likeness (QED) is 0.670. The molecule has 0 spiro atoms. The molecule has 158 valence electrons.